The molecule has 2 aromatic rings. The summed E-state index contributed by atoms with van der Waals surface area (Å²) < 4.78 is 0. The van der Waals surface area contributed by atoms with Crippen LogP contribution in [-0.4, -0.2) is 11.2 Å². The highest BCUT2D eigenvalue weighted by molar-refractivity contribution is 7.81. The summed E-state index contributed by atoms with van der Waals surface area (Å²) in [5.41, 5.74) is 1.63. The predicted molar refractivity (Wildman–Crippen MR) is 88.0 cm³/mol. The fraction of sp³-hybridized carbons (Fsp3) is 0.133. The van der Waals surface area contributed by atoms with E-state index in [1.54, 1.807) is 18.2 Å². The number of halogens is 2. The Morgan fingerprint density at radius 2 is 1.70 bits per heavy atom. The lowest BCUT2D eigenvalue weighted by atomic mass is 10.1. The van der Waals surface area contributed by atoms with E-state index in [1.165, 1.54) is 0 Å². The molecule has 2 aromatic carbocycles. The second kappa shape index (κ2) is 7.02. The van der Waals surface area contributed by atoms with Gasteiger partial charge in [0.05, 0.1) is 5.25 Å². The fourth-order valence-corrected chi connectivity index (χ4v) is 2.58. The molecule has 0 aromatic heterocycles. The monoisotopic (exact) mass is 325 g/mol. The number of carbonyl (C=O) groups is 1. The van der Waals surface area contributed by atoms with Crippen molar-refractivity contribution in [3.8, 4) is 0 Å². The third kappa shape index (κ3) is 4.44. The Balaban J connectivity index is 2.00. The molecule has 5 heteroatoms. The highest BCUT2D eigenvalue weighted by Crippen LogP contribution is 2.23. The summed E-state index contributed by atoms with van der Waals surface area (Å²) in [5, 5.41) is 3.28. The molecule has 0 aliphatic rings. The lowest BCUT2D eigenvalue weighted by Gasteiger charge is -2.12. The molecule has 2 nitrogen and oxygen atoms in total. The van der Waals surface area contributed by atoms with Crippen LogP contribution in [0.25, 0.3) is 0 Å². The first-order valence-corrected chi connectivity index (χ1v) is 7.31. The van der Waals surface area contributed by atoms with E-state index in [2.05, 4.69) is 17.9 Å². The number of benzene rings is 2. The molecule has 20 heavy (non-hydrogen) atoms. The van der Waals surface area contributed by atoms with Crippen molar-refractivity contribution < 1.29 is 4.79 Å². The number of hydrogen-bond acceptors (Lipinski definition) is 2. The van der Waals surface area contributed by atoms with Crippen molar-refractivity contribution in [2.45, 2.75) is 11.7 Å². The number of rotatable bonds is 4. The van der Waals surface area contributed by atoms with E-state index in [4.69, 9.17) is 23.2 Å². The normalized spacial score (nSPS) is 11.9. The number of nitrogens with one attached hydrogen (secondary N) is 1. The third-order valence-corrected chi connectivity index (χ3v) is 3.56. The molecule has 0 aliphatic carbocycles. The van der Waals surface area contributed by atoms with Gasteiger partial charge in [0.15, 0.2) is 0 Å². The summed E-state index contributed by atoms with van der Waals surface area (Å²) in [5.74, 6) is -0.185. The average Bonchev–Trinajstić information content (AvgIpc) is 2.38. The van der Waals surface area contributed by atoms with Crippen molar-refractivity contribution in [2.24, 2.45) is 0 Å². The summed E-state index contributed by atoms with van der Waals surface area (Å²) in [6, 6.07) is 14.6. The topological polar surface area (TPSA) is 29.1 Å². The van der Waals surface area contributed by atoms with Crippen molar-refractivity contribution in [3.05, 3.63) is 64.1 Å². The van der Waals surface area contributed by atoms with Crippen molar-refractivity contribution in [1.82, 2.24) is 0 Å². The molecule has 0 heterocycles. The van der Waals surface area contributed by atoms with E-state index in [0.29, 0.717) is 22.2 Å². The highest BCUT2D eigenvalue weighted by atomic mass is 35.5. The molecule has 0 saturated heterocycles. The largest absolute Gasteiger partial charge is 0.325 e. The van der Waals surface area contributed by atoms with Gasteiger partial charge in [0.25, 0.3) is 0 Å². The van der Waals surface area contributed by atoms with Crippen LogP contribution in [0.1, 0.15) is 5.56 Å². The molecular weight excluding hydrogens is 313 g/mol. The van der Waals surface area contributed by atoms with Crippen LogP contribution in [0.3, 0.4) is 0 Å². The fourth-order valence-electron chi connectivity index (χ4n) is 1.78. The van der Waals surface area contributed by atoms with Crippen molar-refractivity contribution in [2.75, 3.05) is 5.32 Å². The molecule has 0 radical (unpaired) electrons. The molecule has 104 valence electrons. The van der Waals surface area contributed by atoms with E-state index >= 15 is 0 Å². The second-order valence-electron chi connectivity index (χ2n) is 4.35. The first-order valence-electron chi connectivity index (χ1n) is 6.03. The van der Waals surface area contributed by atoms with Crippen LogP contribution in [-0.2, 0) is 11.2 Å². The zero-order valence-corrected chi connectivity index (χ0v) is 12.9. The van der Waals surface area contributed by atoms with Crippen LogP contribution in [0.2, 0.25) is 10.0 Å². The maximum absolute atomic E-state index is 12.1. The van der Waals surface area contributed by atoms with E-state index in [1.807, 2.05) is 30.3 Å². The standard InChI is InChI=1S/C15H13Cl2NOS/c16-11-7-12(17)9-13(8-11)18-15(19)14(20)6-10-4-2-1-3-5-10/h1-5,7-9,14,20H,6H2,(H,18,19). The minimum Gasteiger partial charge on any atom is -0.325 e. The Hall–Kier alpha value is -1.16. The van der Waals surface area contributed by atoms with Crippen LogP contribution < -0.4 is 5.32 Å². The summed E-state index contributed by atoms with van der Waals surface area (Å²) in [6.45, 7) is 0. The molecule has 1 atom stereocenters. The third-order valence-electron chi connectivity index (χ3n) is 2.70. The molecule has 1 N–H and O–H groups in total. The SMILES string of the molecule is O=C(Nc1cc(Cl)cc(Cl)c1)C(S)Cc1ccccc1. The van der Waals surface area contributed by atoms with Crippen molar-refractivity contribution in [3.63, 3.8) is 0 Å². The quantitative estimate of drug-likeness (QED) is 0.798. The van der Waals surface area contributed by atoms with Gasteiger partial charge in [-0.1, -0.05) is 53.5 Å². The predicted octanol–water partition coefficient (Wildman–Crippen LogP) is 4.47. The minimum atomic E-state index is -0.435. The lowest BCUT2D eigenvalue weighted by Crippen LogP contribution is -2.25. The van der Waals surface area contributed by atoms with Gasteiger partial charge in [-0.15, -0.1) is 0 Å². The van der Waals surface area contributed by atoms with E-state index in [9.17, 15) is 4.79 Å². The molecular formula is C15H13Cl2NOS. The van der Waals surface area contributed by atoms with Crippen LogP contribution >= 0.6 is 35.8 Å². The first-order chi connectivity index (χ1) is 9.54. The summed E-state index contributed by atoms with van der Waals surface area (Å²) in [4.78, 5) is 12.1. The molecule has 0 saturated carbocycles. The second-order valence-corrected chi connectivity index (χ2v) is 5.85. The molecule has 1 amide bonds. The van der Waals surface area contributed by atoms with E-state index in [-0.39, 0.29) is 5.91 Å². The van der Waals surface area contributed by atoms with Crippen LogP contribution in [0.15, 0.2) is 48.5 Å². The Bertz CT molecular complexity index is 584. The van der Waals surface area contributed by atoms with Crippen molar-refractivity contribution >= 4 is 47.4 Å². The van der Waals surface area contributed by atoms with Crippen LogP contribution in [0.5, 0.6) is 0 Å². The number of thiol groups is 1. The smallest absolute Gasteiger partial charge is 0.237 e. The Morgan fingerprint density at radius 1 is 1.10 bits per heavy atom. The van der Waals surface area contributed by atoms with Crippen molar-refractivity contribution in [1.29, 1.82) is 0 Å². The number of hydrogen-bond donors (Lipinski definition) is 2. The molecule has 0 fully saturated rings. The Morgan fingerprint density at radius 3 is 2.30 bits per heavy atom. The van der Waals surface area contributed by atoms with Gasteiger partial charge in [-0.05, 0) is 30.2 Å². The Labute approximate surface area is 133 Å². The van der Waals surface area contributed by atoms with Gasteiger partial charge < -0.3 is 5.32 Å². The molecule has 0 bridgehead atoms. The number of carbonyl (C=O) groups excluding carboxylic acids is 1. The maximum atomic E-state index is 12.1. The van der Waals surface area contributed by atoms with E-state index in [0.717, 1.165) is 5.56 Å². The summed E-state index contributed by atoms with van der Waals surface area (Å²) in [7, 11) is 0. The maximum Gasteiger partial charge on any atom is 0.237 e. The lowest BCUT2D eigenvalue weighted by molar-refractivity contribution is -0.115. The molecule has 0 aliphatic heterocycles. The Kier molecular flexibility index (Phi) is 5.35. The molecule has 0 spiro atoms. The van der Waals surface area contributed by atoms with Gasteiger partial charge in [-0.25, -0.2) is 0 Å². The van der Waals surface area contributed by atoms with Gasteiger partial charge >= 0.3 is 0 Å². The zero-order chi connectivity index (χ0) is 14.5. The van der Waals surface area contributed by atoms with Gasteiger partial charge in [-0.3, -0.25) is 4.79 Å². The van der Waals surface area contributed by atoms with Crippen LogP contribution in [0, 0.1) is 0 Å². The van der Waals surface area contributed by atoms with Gasteiger partial charge in [0, 0.05) is 15.7 Å². The van der Waals surface area contributed by atoms with E-state index < -0.39 is 5.25 Å². The minimum absolute atomic E-state index is 0.185. The van der Waals surface area contributed by atoms with Crippen LogP contribution in [0.4, 0.5) is 5.69 Å². The first kappa shape index (κ1) is 15.2. The summed E-state index contributed by atoms with van der Waals surface area (Å²) >= 11 is 16.1. The van der Waals surface area contributed by atoms with Gasteiger partial charge in [-0.2, -0.15) is 12.6 Å². The summed E-state index contributed by atoms with van der Waals surface area (Å²) in [6.07, 6.45) is 0.560. The van der Waals surface area contributed by atoms with Gasteiger partial charge in [0.2, 0.25) is 5.91 Å². The molecule has 1 unspecified atom stereocenters. The number of anilines is 1. The molecule has 2 rings (SSSR count). The highest BCUT2D eigenvalue weighted by Gasteiger charge is 2.15. The average molecular weight is 326 g/mol. The number of amides is 1. The van der Waals surface area contributed by atoms with Gasteiger partial charge in [0.1, 0.15) is 0 Å². The zero-order valence-electron chi connectivity index (χ0n) is 10.5.